The molecule has 0 aliphatic rings. The van der Waals surface area contributed by atoms with Crippen LogP contribution in [0.2, 0.25) is 0 Å². The summed E-state index contributed by atoms with van der Waals surface area (Å²) in [6.45, 7) is 7.34. The van der Waals surface area contributed by atoms with Crippen LogP contribution in [0.3, 0.4) is 0 Å². The molecule has 1 aromatic rings. The first-order valence-corrected chi connectivity index (χ1v) is 6.84. The van der Waals surface area contributed by atoms with Gasteiger partial charge in [-0.2, -0.15) is 4.98 Å². The summed E-state index contributed by atoms with van der Waals surface area (Å²) in [5, 5.41) is 3.34. The molecule has 0 spiro atoms. The molecule has 0 aliphatic carbocycles. The number of methoxy groups -OCH3 is 1. The first-order valence-electron chi connectivity index (χ1n) is 6.84. The van der Waals surface area contributed by atoms with E-state index in [9.17, 15) is 0 Å². The van der Waals surface area contributed by atoms with Crippen molar-refractivity contribution in [1.82, 2.24) is 9.97 Å². The lowest BCUT2D eigenvalue weighted by Crippen LogP contribution is -2.07. The number of nitrogens with zero attached hydrogens (tertiary/aromatic N) is 2. The molecule has 1 aromatic heterocycles. The third-order valence-electron chi connectivity index (χ3n) is 2.78. The molecule has 1 N–H and O–H groups in total. The molecule has 0 radical (unpaired) electrons. The third-order valence-corrected chi connectivity index (χ3v) is 2.78. The zero-order valence-corrected chi connectivity index (χ0v) is 12.0. The third kappa shape index (κ3) is 4.90. The summed E-state index contributed by atoms with van der Waals surface area (Å²) in [4.78, 5) is 8.83. The average Bonchev–Trinajstić information content (AvgIpc) is 2.38. The minimum atomic E-state index is 0.306. The second-order valence-electron chi connectivity index (χ2n) is 4.80. The highest BCUT2D eigenvalue weighted by atomic mass is 16.5. The Bertz CT molecular complexity index is 353. The fraction of sp³-hybridized carbons (Fsp3) is 0.714. The molecule has 0 aliphatic heterocycles. The van der Waals surface area contributed by atoms with Gasteiger partial charge in [0.2, 0.25) is 5.88 Å². The van der Waals surface area contributed by atoms with Crippen molar-refractivity contribution < 1.29 is 4.74 Å². The van der Waals surface area contributed by atoms with Crippen LogP contribution in [0.5, 0.6) is 5.88 Å². The molecular weight excluding hydrogens is 226 g/mol. The van der Waals surface area contributed by atoms with Crippen LogP contribution < -0.4 is 10.1 Å². The van der Waals surface area contributed by atoms with Gasteiger partial charge in [0.05, 0.1) is 7.11 Å². The van der Waals surface area contributed by atoms with Gasteiger partial charge in [-0.3, -0.25) is 0 Å². The van der Waals surface area contributed by atoms with Crippen molar-refractivity contribution in [2.45, 2.75) is 52.4 Å². The molecule has 0 aromatic carbocycles. The van der Waals surface area contributed by atoms with Gasteiger partial charge in [-0.15, -0.1) is 0 Å². The van der Waals surface area contributed by atoms with E-state index < -0.39 is 0 Å². The van der Waals surface area contributed by atoms with Crippen molar-refractivity contribution in [1.29, 1.82) is 0 Å². The molecule has 0 bridgehead atoms. The molecule has 1 rings (SSSR count). The average molecular weight is 251 g/mol. The summed E-state index contributed by atoms with van der Waals surface area (Å²) >= 11 is 0. The van der Waals surface area contributed by atoms with Crippen molar-refractivity contribution >= 4 is 5.82 Å². The Kier molecular flexibility index (Phi) is 6.47. The molecular formula is C14H25N3O. The maximum Gasteiger partial charge on any atom is 0.218 e. The number of aromatic nitrogens is 2. The Labute approximate surface area is 110 Å². The molecule has 0 unspecified atom stereocenters. The lowest BCUT2D eigenvalue weighted by molar-refractivity contribution is 0.394. The fourth-order valence-electron chi connectivity index (χ4n) is 1.66. The predicted octanol–water partition coefficient (Wildman–Crippen LogP) is 3.60. The maximum absolute atomic E-state index is 5.20. The number of rotatable bonds is 8. The van der Waals surface area contributed by atoms with Gasteiger partial charge < -0.3 is 10.1 Å². The normalized spacial score (nSPS) is 10.7. The van der Waals surface area contributed by atoms with Crippen LogP contribution in [0.4, 0.5) is 5.82 Å². The number of ether oxygens (including phenoxy) is 1. The molecule has 0 atom stereocenters. The van der Waals surface area contributed by atoms with Crippen LogP contribution in [-0.4, -0.2) is 23.6 Å². The summed E-state index contributed by atoms with van der Waals surface area (Å²) in [6.07, 6.45) is 5.00. The largest absolute Gasteiger partial charge is 0.481 e. The van der Waals surface area contributed by atoms with Gasteiger partial charge >= 0.3 is 0 Å². The zero-order chi connectivity index (χ0) is 13.4. The number of unbranched alkanes of at least 4 members (excludes halogenated alkanes) is 3. The van der Waals surface area contributed by atoms with Gasteiger partial charge in [0.15, 0.2) is 0 Å². The second-order valence-corrected chi connectivity index (χ2v) is 4.80. The molecule has 0 saturated heterocycles. The van der Waals surface area contributed by atoms with E-state index in [4.69, 9.17) is 4.74 Å². The van der Waals surface area contributed by atoms with E-state index in [1.165, 1.54) is 25.7 Å². The SMILES string of the molecule is CCCCCCNc1cc(OC)nc(C(C)C)n1. The highest BCUT2D eigenvalue weighted by Gasteiger charge is 2.07. The predicted molar refractivity (Wildman–Crippen MR) is 75.3 cm³/mol. The van der Waals surface area contributed by atoms with Gasteiger partial charge in [0.1, 0.15) is 11.6 Å². The topological polar surface area (TPSA) is 47.0 Å². The van der Waals surface area contributed by atoms with Crippen molar-refractivity contribution in [2.24, 2.45) is 0 Å². The Morgan fingerprint density at radius 1 is 1.22 bits per heavy atom. The van der Waals surface area contributed by atoms with Gasteiger partial charge in [-0.05, 0) is 6.42 Å². The molecule has 1 heterocycles. The quantitative estimate of drug-likeness (QED) is 0.717. The molecule has 0 amide bonds. The number of hydrogen-bond acceptors (Lipinski definition) is 4. The van der Waals surface area contributed by atoms with Crippen molar-refractivity contribution in [3.63, 3.8) is 0 Å². The van der Waals surface area contributed by atoms with E-state index in [2.05, 4.69) is 36.1 Å². The van der Waals surface area contributed by atoms with Crippen LogP contribution in [0, 0.1) is 0 Å². The Morgan fingerprint density at radius 3 is 2.61 bits per heavy atom. The van der Waals surface area contributed by atoms with Gasteiger partial charge in [0, 0.05) is 18.5 Å². The molecule has 0 fully saturated rings. The Hall–Kier alpha value is -1.32. The smallest absolute Gasteiger partial charge is 0.218 e. The summed E-state index contributed by atoms with van der Waals surface area (Å²) in [5.41, 5.74) is 0. The minimum absolute atomic E-state index is 0.306. The molecule has 4 heteroatoms. The molecule has 4 nitrogen and oxygen atoms in total. The van der Waals surface area contributed by atoms with E-state index >= 15 is 0 Å². The van der Waals surface area contributed by atoms with E-state index in [1.807, 2.05) is 6.07 Å². The molecule has 102 valence electrons. The lowest BCUT2D eigenvalue weighted by Gasteiger charge is -2.10. The van der Waals surface area contributed by atoms with Crippen LogP contribution in [0.15, 0.2) is 6.07 Å². The van der Waals surface area contributed by atoms with Crippen LogP contribution in [-0.2, 0) is 0 Å². The lowest BCUT2D eigenvalue weighted by atomic mass is 10.2. The summed E-state index contributed by atoms with van der Waals surface area (Å²) in [5.74, 6) is 2.62. The summed E-state index contributed by atoms with van der Waals surface area (Å²) in [7, 11) is 1.64. The zero-order valence-electron chi connectivity index (χ0n) is 12.0. The van der Waals surface area contributed by atoms with E-state index in [-0.39, 0.29) is 0 Å². The first kappa shape index (κ1) is 14.7. The number of nitrogens with one attached hydrogen (secondary N) is 1. The molecule has 18 heavy (non-hydrogen) atoms. The Morgan fingerprint density at radius 2 is 2.00 bits per heavy atom. The van der Waals surface area contributed by atoms with Crippen LogP contribution in [0.1, 0.15) is 58.2 Å². The van der Waals surface area contributed by atoms with Crippen LogP contribution in [0.25, 0.3) is 0 Å². The first-order chi connectivity index (χ1) is 8.67. The van der Waals surface area contributed by atoms with Crippen molar-refractivity contribution in [2.75, 3.05) is 19.0 Å². The fourth-order valence-corrected chi connectivity index (χ4v) is 1.66. The van der Waals surface area contributed by atoms with E-state index in [1.54, 1.807) is 7.11 Å². The van der Waals surface area contributed by atoms with Gasteiger partial charge in [0.25, 0.3) is 0 Å². The number of hydrogen-bond donors (Lipinski definition) is 1. The van der Waals surface area contributed by atoms with Crippen LogP contribution >= 0.6 is 0 Å². The highest BCUT2D eigenvalue weighted by Crippen LogP contribution is 2.18. The van der Waals surface area contributed by atoms with Gasteiger partial charge in [-0.25, -0.2) is 4.98 Å². The number of anilines is 1. The van der Waals surface area contributed by atoms with Crippen molar-refractivity contribution in [3.8, 4) is 5.88 Å². The van der Waals surface area contributed by atoms with Gasteiger partial charge in [-0.1, -0.05) is 40.0 Å². The minimum Gasteiger partial charge on any atom is -0.481 e. The van der Waals surface area contributed by atoms with E-state index in [0.717, 1.165) is 18.2 Å². The molecule has 0 saturated carbocycles. The Balaban J connectivity index is 2.56. The standard InChI is InChI=1S/C14H25N3O/c1-5-6-7-8-9-15-12-10-13(18-4)17-14(16-12)11(2)3/h10-11H,5-9H2,1-4H3,(H,15,16,17). The van der Waals surface area contributed by atoms with Crippen molar-refractivity contribution in [3.05, 3.63) is 11.9 Å². The summed E-state index contributed by atoms with van der Waals surface area (Å²) in [6, 6.07) is 1.85. The second kappa shape index (κ2) is 7.90. The maximum atomic E-state index is 5.20. The summed E-state index contributed by atoms with van der Waals surface area (Å²) < 4.78 is 5.20. The van der Waals surface area contributed by atoms with E-state index in [0.29, 0.717) is 11.8 Å². The monoisotopic (exact) mass is 251 g/mol. The highest BCUT2D eigenvalue weighted by molar-refractivity contribution is 5.38.